The SMILES string of the molecule is O=C(O)C1CN(C(=O)OCC2c3ccccc3-c3ccccc32)CC1C(=O)O. The minimum atomic E-state index is -1.22. The first-order valence-corrected chi connectivity index (χ1v) is 9.03. The molecule has 1 aliphatic heterocycles. The summed E-state index contributed by atoms with van der Waals surface area (Å²) >= 11 is 0. The van der Waals surface area contributed by atoms with E-state index in [0.29, 0.717) is 0 Å². The molecule has 0 aromatic heterocycles. The van der Waals surface area contributed by atoms with Gasteiger partial charge in [0.1, 0.15) is 6.61 Å². The number of carbonyl (C=O) groups is 3. The molecule has 1 heterocycles. The van der Waals surface area contributed by atoms with Crippen molar-refractivity contribution in [3.05, 3.63) is 59.7 Å². The van der Waals surface area contributed by atoms with Gasteiger partial charge in [0.15, 0.2) is 0 Å². The minimum Gasteiger partial charge on any atom is -0.481 e. The van der Waals surface area contributed by atoms with Gasteiger partial charge >= 0.3 is 18.0 Å². The lowest BCUT2D eigenvalue weighted by molar-refractivity contribution is -0.151. The first-order chi connectivity index (χ1) is 13.5. The molecular formula is C21H19NO6. The molecule has 1 amide bonds. The normalized spacial score (nSPS) is 20.5. The fraction of sp³-hybridized carbons (Fsp3) is 0.286. The Bertz CT molecular complexity index is 888. The van der Waals surface area contributed by atoms with Crippen LogP contribution in [0.5, 0.6) is 0 Å². The molecule has 0 saturated carbocycles. The number of benzene rings is 2. The van der Waals surface area contributed by atoms with E-state index in [0.717, 1.165) is 22.3 Å². The van der Waals surface area contributed by atoms with Gasteiger partial charge in [0, 0.05) is 19.0 Å². The van der Waals surface area contributed by atoms with Gasteiger partial charge in [-0.25, -0.2) is 4.79 Å². The van der Waals surface area contributed by atoms with Crippen LogP contribution in [-0.2, 0) is 14.3 Å². The summed E-state index contributed by atoms with van der Waals surface area (Å²) < 4.78 is 5.48. The molecule has 2 unspecified atom stereocenters. The predicted molar refractivity (Wildman–Crippen MR) is 98.9 cm³/mol. The van der Waals surface area contributed by atoms with Crippen LogP contribution in [0.3, 0.4) is 0 Å². The Balaban J connectivity index is 1.49. The van der Waals surface area contributed by atoms with E-state index in [2.05, 4.69) is 0 Å². The van der Waals surface area contributed by atoms with Crippen molar-refractivity contribution in [2.24, 2.45) is 11.8 Å². The number of fused-ring (bicyclic) bond motifs is 3. The molecule has 2 atom stereocenters. The van der Waals surface area contributed by atoms with Crippen molar-refractivity contribution in [2.45, 2.75) is 5.92 Å². The van der Waals surface area contributed by atoms with E-state index in [1.54, 1.807) is 0 Å². The third-order valence-electron chi connectivity index (χ3n) is 5.55. The minimum absolute atomic E-state index is 0.107. The van der Waals surface area contributed by atoms with Crippen LogP contribution in [0.2, 0.25) is 0 Å². The standard InChI is InChI=1S/C21H19NO6/c23-19(24)16-9-22(10-17(16)20(25)26)21(27)28-11-18-14-7-3-1-5-12(14)13-6-2-4-8-15(13)18/h1-8,16-18H,9-11H2,(H,23,24)(H,25,26). The molecule has 7 nitrogen and oxygen atoms in total. The van der Waals surface area contributed by atoms with Crippen LogP contribution in [0.15, 0.2) is 48.5 Å². The number of rotatable bonds is 4. The van der Waals surface area contributed by atoms with Crippen LogP contribution in [0.25, 0.3) is 11.1 Å². The van der Waals surface area contributed by atoms with E-state index in [4.69, 9.17) is 4.74 Å². The lowest BCUT2D eigenvalue weighted by Crippen LogP contribution is -2.31. The lowest BCUT2D eigenvalue weighted by Gasteiger charge is -2.19. The van der Waals surface area contributed by atoms with Crippen LogP contribution >= 0.6 is 0 Å². The third kappa shape index (κ3) is 2.98. The Morgan fingerprint density at radius 2 is 1.32 bits per heavy atom. The van der Waals surface area contributed by atoms with Gasteiger partial charge in [0.2, 0.25) is 0 Å². The van der Waals surface area contributed by atoms with Crippen LogP contribution in [0, 0.1) is 11.8 Å². The molecule has 0 radical (unpaired) electrons. The zero-order valence-electron chi connectivity index (χ0n) is 14.9. The van der Waals surface area contributed by atoms with E-state index >= 15 is 0 Å². The fourth-order valence-electron chi connectivity index (χ4n) is 4.14. The summed E-state index contributed by atoms with van der Waals surface area (Å²) in [5.41, 5.74) is 4.36. The van der Waals surface area contributed by atoms with Crippen molar-refractivity contribution in [1.82, 2.24) is 4.90 Å². The molecular weight excluding hydrogens is 362 g/mol. The highest BCUT2D eigenvalue weighted by molar-refractivity contribution is 5.83. The van der Waals surface area contributed by atoms with Gasteiger partial charge < -0.3 is 19.8 Å². The molecule has 2 aromatic rings. The van der Waals surface area contributed by atoms with Crippen LogP contribution in [0.4, 0.5) is 4.79 Å². The number of hydrogen-bond acceptors (Lipinski definition) is 4. The Morgan fingerprint density at radius 1 is 0.857 bits per heavy atom. The molecule has 1 aliphatic carbocycles. The largest absolute Gasteiger partial charge is 0.481 e. The van der Waals surface area contributed by atoms with Crippen molar-refractivity contribution in [3.63, 3.8) is 0 Å². The van der Waals surface area contributed by atoms with Crippen molar-refractivity contribution < 1.29 is 29.3 Å². The smallest absolute Gasteiger partial charge is 0.409 e. The third-order valence-corrected chi connectivity index (χ3v) is 5.55. The maximum Gasteiger partial charge on any atom is 0.409 e. The summed E-state index contributed by atoms with van der Waals surface area (Å²) in [7, 11) is 0. The summed E-state index contributed by atoms with van der Waals surface area (Å²) in [5, 5.41) is 18.4. The van der Waals surface area contributed by atoms with Gasteiger partial charge in [-0.2, -0.15) is 0 Å². The monoisotopic (exact) mass is 381 g/mol. The number of nitrogens with zero attached hydrogens (tertiary/aromatic N) is 1. The second-order valence-corrected chi connectivity index (χ2v) is 7.10. The van der Waals surface area contributed by atoms with Gasteiger partial charge in [-0.05, 0) is 22.3 Å². The first-order valence-electron chi connectivity index (χ1n) is 9.03. The number of hydrogen-bond donors (Lipinski definition) is 2. The van der Waals surface area contributed by atoms with Gasteiger partial charge in [-0.15, -0.1) is 0 Å². The fourth-order valence-corrected chi connectivity index (χ4v) is 4.14. The number of amides is 1. The molecule has 28 heavy (non-hydrogen) atoms. The van der Waals surface area contributed by atoms with Crippen molar-refractivity contribution in [2.75, 3.05) is 19.7 Å². The molecule has 2 aliphatic rings. The van der Waals surface area contributed by atoms with E-state index in [-0.39, 0.29) is 25.6 Å². The van der Waals surface area contributed by atoms with Crippen molar-refractivity contribution in [1.29, 1.82) is 0 Å². The van der Waals surface area contributed by atoms with Gasteiger partial charge in [-0.3, -0.25) is 9.59 Å². The predicted octanol–water partition coefficient (Wildman–Crippen LogP) is 2.65. The molecule has 2 aromatic carbocycles. The Morgan fingerprint density at radius 3 is 1.79 bits per heavy atom. The zero-order chi connectivity index (χ0) is 19.8. The topological polar surface area (TPSA) is 104 Å². The quantitative estimate of drug-likeness (QED) is 0.844. The summed E-state index contributed by atoms with van der Waals surface area (Å²) in [6, 6.07) is 15.9. The summed E-state index contributed by atoms with van der Waals surface area (Å²) in [5.74, 6) is -4.80. The van der Waals surface area contributed by atoms with E-state index in [1.165, 1.54) is 4.90 Å². The number of carboxylic acids is 2. The van der Waals surface area contributed by atoms with Gasteiger partial charge in [0.05, 0.1) is 11.8 Å². The number of carboxylic acid groups (broad SMARTS) is 2. The summed E-state index contributed by atoms with van der Waals surface area (Å²) in [6.07, 6.45) is -0.683. The molecule has 1 fully saturated rings. The zero-order valence-corrected chi connectivity index (χ0v) is 14.9. The summed E-state index contributed by atoms with van der Waals surface area (Å²) in [6.45, 7) is -0.217. The average Bonchev–Trinajstić information content (AvgIpc) is 3.27. The second-order valence-electron chi connectivity index (χ2n) is 7.10. The van der Waals surface area contributed by atoms with Gasteiger partial charge in [0.25, 0.3) is 0 Å². The maximum atomic E-state index is 12.5. The van der Waals surface area contributed by atoms with Gasteiger partial charge in [-0.1, -0.05) is 48.5 Å². The molecule has 144 valence electrons. The lowest BCUT2D eigenvalue weighted by atomic mass is 9.97. The van der Waals surface area contributed by atoms with E-state index in [1.807, 2.05) is 48.5 Å². The van der Waals surface area contributed by atoms with Crippen LogP contribution < -0.4 is 0 Å². The molecule has 7 heteroatoms. The number of likely N-dealkylation sites (tertiary alicyclic amines) is 1. The highest BCUT2D eigenvalue weighted by atomic mass is 16.6. The highest BCUT2D eigenvalue weighted by Gasteiger charge is 2.44. The maximum absolute atomic E-state index is 12.5. The van der Waals surface area contributed by atoms with Crippen molar-refractivity contribution in [3.8, 4) is 11.1 Å². The number of aliphatic carboxylic acids is 2. The molecule has 0 spiro atoms. The number of ether oxygens (including phenoxy) is 1. The molecule has 0 bridgehead atoms. The van der Waals surface area contributed by atoms with E-state index in [9.17, 15) is 24.6 Å². The first kappa shape index (κ1) is 18.0. The second kappa shape index (κ2) is 6.99. The Hall–Kier alpha value is -3.35. The molecule has 4 rings (SSSR count). The van der Waals surface area contributed by atoms with Crippen molar-refractivity contribution >= 4 is 18.0 Å². The summed E-state index contributed by atoms with van der Waals surface area (Å²) in [4.78, 5) is 36.2. The molecule has 1 saturated heterocycles. The Labute approximate surface area is 161 Å². The average molecular weight is 381 g/mol. The van der Waals surface area contributed by atoms with Crippen LogP contribution in [-0.4, -0.2) is 52.8 Å². The Kier molecular flexibility index (Phi) is 4.50. The van der Waals surface area contributed by atoms with E-state index < -0.39 is 29.9 Å². The molecule has 2 N–H and O–H groups in total. The highest BCUT2D eigenvalue weighted by Crippen LogP contribution is 2.44. The number of carbonyl (C=O) groups excluding carboxylic acids is 1. The van der Waals surface area contributed by atoms with Crippen LogP contribution in [0.1, 0.15) is 17.0 Å².